The van der Waals surface area contributed by atoms with Crippen molar-refractivity contribution in [3.05, 3.63) is 44.2 Å². The number of hydrogen-bond donors (Lipinski definition) is 1. The van der Waals surface area contributed by atoms with Crippen LogP contribution < -0.4 is 5.32 Å². The third kappa shape index (κ3) is 3.15. The number of halogens is 2. The van der Waals surface area contributed by atoms with Crippen molar-refractivity contribution in [2.45, 2.75) is 20.4 Å². The second-order valence-electron chi connectivity index (χ2n) is 4.13. The van der Waals surface area contributed by atoms with Crippen LogP contribution in [0.5, 0.6) is 0 Å². The molecule has 0 radical (unpaired) electrons. The first-order chi connectivity index (χ1) is 8.61. The van der Waals surface area contributed by atoms with Gasteiger partial charge < -0.3 is 5.32 Å². The first-order valence-electron chi connectivity index (χ1n) is 5.87. The summed E-state index contributed by atoms with van der Waals surface area (Å²) in [5, 5.41) is 4.15. The van der Waals surface area contributed by atoms with Crippen LogP contribution in [0.2, 0.25) is 5.02 Å². The maximum atomic E-state index is 6.20. The highest BCUT2D eigenvalue weighted by atomic mass is 79.9. The van der Waals surface area contributed by atoms with E-state index in [-0.39, 0.29) is 0 Å². The van der Waals surface area contributed by atoms with E-state index in [4.69, 9.17) is 11.6 Å². The molecular weight excluding hydrogens is 330 g/mol. The first-order valence-corrected chi connectivity index (χ1v) is 7.86. The molecule has 1 N–H and O–H groups in total. The van der Waals surface area contributed by atoms with E-state index in [1.165, 1.54) is 15.3 Å². The van der Waals surface area contributed by atoms with Crippen LogP contribution in [-0.2, 0) is 6.54 Å². The van der Waals surface area contributed by atoms with Crippen LogP contribution in [0.3, 0.4) is 0 Å². The molecular formula is C14H15BrClNS. The maximum absolute atomic E-state index is 6.20. The van der Waals surface area contributed by atoms with Crippen LogP contribution in [0.25, 0.3) is 10.4 Å². The fourth-order valence-electron chi connectivity index (χ4n) is 1.70. The Labute approximate surface area is 125 Å². The van der Waals surface area contributed by atoms with Gasteiger partial charge in [-0.1, -0.05) is 34.5 Å². The second kappa shape index (κ2) is 6.20. The van der Waals surface area contributed by atoms with E-state index in [0.29, 0.717) is 0 Å². The molecule has 2 rings (SSSR count). The van der Waals surface area contributed by atoms with Crippen molar-refractivity contribution in [3.8, 4) is 10.4 Å². The summed E-state index contributed by atoms with van der Waals surface area (Å²) in [7, 11) is 0. The summed E-state index contributed by atoms with van der Waals surface area (Å²) in [5.74, 6) is 0. The van der Waals surface area contributed by atoms with E-state index in [1.807, 2.05) is 13.0 Å². The average molecular weight is 345 g/mol. The van der Waals surface area contributed by atoms with Gasteiger partial charge in [-0.05, 0) is 43.3 Å². The molecule has 1 heterocycles. The largest absolute Gasteiger partial charge is 0.312 e. The van der Waals surface area contributed by atoms with E-state index in [0.717, 1.165) is 28.1 Å². The van der Waals surface area contributed by atoms with E-state index in [9.17, 15) is 0 Å². The second-order valence-corrected chi connectivity index (χ2v) is 6.56. The van der Waals surface area contributed by atoms with E-state index >= 15 is 0 Å². The molecule has 0 aliphatic rings. The SMILES string of the molecule is CCNCc1ccc(-c2cc(Cl)c(C)cc2Br)s1. The maximum Gasteiger partial charge on any atom is 0.0442 e. The zero-order chi connectivity index (χ0) is 13.1. The monoisotopic (exact) mass is 343 g/mol. The van der Waals surface area contributed by atoms with Gasteiger partial charge in [0.15, 0.2) is 0 Å². The van der Waals surface area contributed by atoms with Crippen molar-refractivity contribution in [3.63, 3.8) is 0 Å². The van der Waals surface area contributed by atoms with Gasteiger partial charge in [-0.2, -0.15) is 0 Å². The third-order valence-electron chi connectivity index (χ3n) is 2.72. The molecule has 96 valence electrons. The van der Waals surface area contributed by atoms with Gasteiger partial charge in [-0.25, -0.2) is 0 Å². The molecule has 0 atom stereocenters. The minimum atomic E-state index is 0.815. The summed E-state index contributed by atoms with van der Waals surface area (Å²) < 4.78 is 1.10. The lowest BCUT2D eigenvalue weighted by atomic mass is 10.1. The average Bonchev–Trinajstić information content (AvgIpc) is 2.79. The predicted octanol–water partition coefficient (Wildman–Crippen LogP) is 5.25. The van der Waals surface area contributed by atoms with Crippen molar-refractivity contribution in [2.75, 3.05) is 6.54 Å². The lowest BCUT2D eigenvalue weighted by molar-refractivity contribution is 0.735. The number of benzene rings is 1. The molecule has 2 aromatic rings. The molecule has 0 bridgehead atoms. The first kappa shape index (κ1) is 14.1. The number of hydrogen-bond acceptors (Lipinski definition) is 2. The zero-order valence-electron chi connectivity index (χ0n) is 10.4. The molecule has 1 aromatic heterocycles. The summed E-state index contributed by atoms with van der Waals surface area (Å²) in [4.78, 5) is 2.59. The van der Waals surface area contributed by atoms with Gasteiger partial charge in [0.05, 0.1) is 0 Å². The summed E-state index contributed by atoms with van der Waals surface area (Å²) in [6.45, 7) is 6.05. The molecule has 0 unspecified atom stereocenters. The van der Waals surface area contributed by atoms with Gasteiger partial charge in [-0.3, -0.25) is 0 Å². The molecule has 0 saturated heterocycles. The van der Waals surface area contributed by atoms with Crippen LogP contribution in [0.15, 0.2) is 28.7 Å². The number of nitrogens with one attached hydrogen (secondary N) is 1. The molecule has 1 nitrogen and oxygen atoms in total. The molecule has 0 fully saturated rings. The highest BCUT2D eigenvalue weighted by molar-refractivity contribution is 9.10. The Hall–Kier alpha value is -0.350. The predicted molar refractivity (Wildman–Crippen MR) is 84.6 cm³/mol. The molecule has 0 amide bonds. The van der Waals surface area contributed by atoms with Gasteiger partial charge in [-0.15, -0.1) is 11.3 Å². The van der Waals surface area contributed by atoms with Crippen LogP contribution in [0, 0.1) is 6.92 Å². The quantitative estimate of drug-likeness (QED) is 0.799. The normalized spacial score (nSPS) is 10.9. The highest BCUT2D eigenvalue weighted by Crippen LogP contribution is 2.36. The van der Waals surface area contributed by atoms with Crippen molar-refractivity contribution in [1.82, 2.24) is 5.32 Å². The lowest BCUT2D eigenvalue weighted by Crippen LogP contribution is -2.10. The van der Waals surface area contributed by atoms with Crippen molar-refractivity contribution < 1.29 is 0 Å². The van der Waals surface area contributed by atoms with Crippen LogP contribution in [0.1, 0.15) is 17.4 Å². The summed E-state index contributed by atoms with van der Waals surface area (Å²) in [6.07, 6.45) is 0. The van der Waals surface area contributed by atoms with Gasteiger partial charge in [0.25, 0.3) is 0 Å². The Morgan fingerprint density at radius 3 is 2.83 bits per heavy atom. The molecule has 1 aromatic carbocycles. The Morgan fingerprint density at radius 2 is 2.11 bits per heavy atom. The number of rotatable bonds is 4. The number of aryl methyl sites for hydroxylation is 1. The van der Waals surface area contributed by atoms with Gasteiger partial charge in [0.1, 0.15) is 0 Å². The minimum Gasteiger partial charge on any atom is -0.312 e. The fourth-order valence-corrected chi connectivity index (χ4v) is 3.67. The molecule has 0 aliphatic heterocycles. The van der Waals surface area contributed by atoms with E-state index in [1.54, 1.807) is 11.3 Å². The Balaban J connectivity index is 2.31. The highest BCUT2D eigenvalue weighted by Gasteiger charge is 2.09. The zero-order valence-corrected chi connectivity index (χ0v) is 13.5. The van der Waals surface area contributed by atoms with Gasteiger partial charge >= 0.3 is 0 Å². The summed E-state index contributed by atoms with van der Waals surface area (Å²) >= 11 is 11.6. The van der Waals surface area contributed by atoms with Crippen LogP contribution in [0.4, 0.5) is 0 Å². The van der Waals surface area contributed by atoms with Crippen LogP contribution in [-0.4, -0.2) is 6.54 Å². The lowest BCUT2D eigenvalue weighted by Gasteiger charge is -2.05. The summed E-state index contributed by atoms with van der Waals surface area (Å²) in [6, 6.07) is 8.43. The minimum absolute atomic E-state index is 0.815. The molecule has 0 aliphatic carbocycles. The van der Waals surface area contributed by atoms with Crippen molar-refractivity contribution in [1.29, 1.82) is 0 Å². The standard InChI is InChI=1S/C14H15BrClNS/c1-3-17-8-10-4-5-14(18-10)11-7-13(16)9(2)6-12(11)15/h4-7,17H,3,8H2,1-2H3. The molecule has 18 heavy (non-hydrogen) atoms. The third-order valence-corrected chi connectivity index (χ3v) is 4.91. The van der Waals surface area contributed by atoms with Crippen LogP contribution >= 0.6 is 38.9 Å². The Bertz CT molecular complexity index is 551. The van der Waals surface area contributed by atoms with Crippen molar-refractivity contribution >= 4 is 38.9 Å². The topological polar surface area (TPSA) is 12.0 Å². The molecule has 0 spiro atoms. The van der Waals surface area contributed by atoms with Crippen molar-refractivity contribution in [2.24, 2.45) is 0 Å². The van der Waals surface area contributed by atoms with E-state index in [2.05, 4.69) is 46.4 Å². The summed E-state index contributed by atoms with van der Waals surface area (Å²) in [5.41, 5.74) is 2.26. The smallest absolute Gasteiger partial charge is 0.0442 e. The Kier molecular flexibility index (Phi) is 4.84. The van der Waals surface area contributed by atoms with Gasteiger partial charge in [0, 0.05) is 31.4 Å². The molecule has 0 saturated carbocycles. The van der Waals surface area contributed by atoms with E-state index < -0.39 is 0 Å². The molecule has 4 heteroatoms. The fraction of sp³-hybridized carbons (Fsp3) is 0.286. The number of thiophene rings is 1. The Morgan fingerprint density at radius 1 is 1.33 bits per heavy atom. The van der Waals surface area contributed by atoms with Gasteiger partial charge in [0.2, 0.25) is 0 Å².